The summed E-state index contributed by atoms with van der Waals surface area (Å²) in [5.74, 6) is 0.899. The van der Waals surface area contributed by atoms with Crippen LogP contribution in [0.1, 0.15) is 32.6 Å². The lowest BCUT2D eigenvalue weighted by Crippen LogP contribution is -2.48. The van der Waals surface area contributed by atoms with Crippen molar-refractivity contribution >= 4 is 24.0 Å². The zero-order chi connectivity index (χ0) is 34.2. The molecule has 0 bridgehead atoms. The molecule has 8 nitrogen and oxygen atoms in total. The predicted molar refractivity (Wildman–Crippen MR) is 191 cm³/mol. The van der Waals surface area contributed by atoms with Crippen LogP contribution in [-0.2, 0) is 19.4 Å². The van der Waals surface area contributed by atoms with Gasteiger partial charge in [0, 0.05) is 25.5 Å². The number of benzene rings is 5. The number of aliphatic imine (C=N–C) groups is 1. The van der Waals surface area contributed by atoms with Gasteiger partial charge < -0.3 is 19.5 Å². The molecule has 49 heavy (non-hydrogen) atoms. The summed E-state index contributed by atoms with van der Waals surface area (Å²) < 4.78 is 11.4. The van der Waals surface area contributed by atoms with Crippen LogP contribution in [0, 0.1) is 0 Å². The average molecular weight is 652 g/mol. The molecule has 5 aromatic rings. The Morgan fingerprint density at radius 1 is 0.714 bits per heavy atom. The highest BCUT2D eigenvalue weighted by Crippen LogP contribution is 2.42. The van der Waals surface area contributed by atoms with Crippen molar-refractivity contribution in [1.82, 2.24) is 9.80 Å². The van der Waals surface area contributed by atoms with Gasteiger partial charge in [-0.1, -0.05) is 103 Å². The van der Waals surface area contributed by atoms with Crippen molar-refractivity contribution in [3.63, 3.8) is 0 Å². The molecule has 1 N–H and O–H groups in total. The van der Waals surface area contributed by atoms with Crippen molar-refractivity contribution in [2.24, 2.45) is 4.99 Å². The summed E-state index contributed by atoms with van der Waals surface area (Å²) in [5.41, 5.74) is 3.66. The summed E-state index contributed by atoms with van der Waals surface area (Å²) in [6.07, 6.45) is 1.45. The molecule has 1 heterocycles. The number of hydrogen-bond acceptors (Lipinski definition) is 4. The van der Waals surface area contributed by atoms with E-state index in [-0.39, 0.29) is 5.96 Å². The molecule has 246 valence electrons. The normalized spacial score (nSPS) is 17.3. The molecule has 8 heteroatoms. The van der Waals surface area contributed by atoms with Crippen molar-refractivity contribution in [3.8, 4) is 11.5 Å². The Labute approximate surface area is 286 Å². The number of carbonyl (C=O) groups is 2. The molecule has 0 saturated carbocycles. The van der Waals surface area contributed by atoms with Gasteiger partial charge in [-0.15, -0.1) is 0 Å². The van der Waals surface area contributed by atoms with Gasteiger partial charge in [0.05, 0.1) is 18.3 Å². The summed E-state index contributed by atoms with van der Waals surface area (Å²) in [6.45, 7) is 0.443. The van der Waals surface area contributed by atoms with Gasteiger partial charge in [-0.05, 0) is 64.7 Å². The third-order valence-corrected chi connectivity index (χ3v) is 8.70. The molecule has 6 rings (SSSR count). The van der Waals surface area contributed by atoms with Crippen LogP contribution in [0.3, 0.4) is 0 Å². The molecule has 1 aliphatic rings. The maximum absolute atomic E-state index is 13.5. The summed E-state index contributed by atoms with van der Waals surface area (Å²) in [6, 6.07) is 43.8. The molecule has 1 atom stereocenters. The molecule has 1 fully saturated rings. The van der Waals surface area contributed by atoms with Crippen molar-refractivity contribution in [3.05, 3.63) is 173 Å². The SMILES string of the molecule is COc1ccc(/C=C2\N(C(=O)O)C(=NC(=O)c3ccccc3)N(C)C2(Cc2ccccc2)Cc2ccc(OCc3ccccc3)cc2)cc1. The first-order valence-corrected chi connectivity index (χ1v) is 16.0. The van der Waals surface area contributed by atoms with Gasteiger partial charge >= 0.3 is 6.09 Å². The minimum absolute atomic E-state index is 0.0276. The van der Waals surface area contributed by atoms with Crippen LogP contribution in [0.5, 0.6) is 11.5 Å². The molecular formula is C41H37N3O5. The lowest BCUT2D eigenvalue weighted by molar-refractivity contribution is 0.1000. The number of carboxylic acid groups (broad SMARTS) is 1. The molecule has 0 radical (unpaired) electrons. The zero-order valence-electron chi connectivity index (χ0n) is 27.4. The molecule has 5 aromatic carbocycles. The summed E-state index contributed by atoms with van der Waals surface area (Å²) in [4.78, 5) is 34.2. The molecule has 0 aliphatic carbocycles. The fourth-order valence-corrected chi connectivity index (χ4v) is 6.13. The van der Waals surface area contributed by atoms with Gasteiger partial charge in [-0.2, -0.15) is 4.99 Å². The van der Waals surface area contributed by atoms with Gasteiger partial charge in [0.1, 0.15) is 18.1 Å². The second-order valence-corrected chi connectivity index (χ2v) is 11.9. The maximum Gasteiger partial charge on any atom is 0.418 e. The molecule has 1 aliphatic heterocycles. The molecule has 0 spiro atoms. The third-order valence-electron chi connectivity index (χ3n) is 8.70. The van der Waals surface area contributed by atoms with Crippen LogP contribution in [0.25, 0.3) is 6.08 Å². The van der Waals surface area contributed by atoms with Crippen LogP contribution in [0.4, 0.5) is 4.79 Å². The van der Waals surface area contributed by atoms with E-state index in [0.29, 0.717) is 36.5 Å². The van der Waals surface area contributed by atoms with Crippen molar-refractivity contribution in [2.45, 2.75) is 25.0 Å². The Morgan fingerprint density at radius 2 is 1.24 bits per heavy atom. The van der Waals surface area contributed by atoms with E-state index < -0.39 is 17.5 Å². The minimum atomic E-state index is -1.24. The minimum Gasteiger partial charge on any atom is -0.497 e. The quantitative estimate of drug-likeness (QED) is 0.165. The van der Waals surface area contributed by atoms with Crippen LogP contribution in [0.15, 0.2) is 150 Å². The number of ether oxygens (including phenoxy) is 2. The van der Waals surface area contributed by atoms with E-state index >= 15 is 0 Å². The second kappa shape index (κ2) is 14.7. The number of likely N-dealkylation sites (N-methyl/N-ethyl adjacent to an activating group) is 1. The first kappa shape index (κ1) is 32.8. The van der Waals surface area contributed by atoms with Gasteiger partial charge in [0.2, 0.25) is 5.96 Å². The highest BCUT2D eigenvalue weighted by atomic mass is 16.5. The van der Waals surface area contributed by atoms with Crippen LogP contribution in [-0.4, -0.2) is 52.6 Å². The summed E-state index contributed by atoms with van der Waals surface area (Å²) in [5, 5.41) is 10.8. The number of nitrogens with zero attached hydrogens (tertiary/aromatic N) is 3. The molecule has 1 saturated heterocycles. The fourth-order valence-electron chi connectivity index (χ4n) is 6.13. The lowest BCUT2D eigenvalue weighted by Gasteiger charge is -2.37. The number of methoxy groups -OCH3 is 1. The van der Waals surface area contributed by atoms with Crippen LogP contribution < -0.4 is 9.47 Å². The number of guanidine groups is 1. The van der Waals surface area contributed by atoms with Crippen molar-refractivity contribution in [1.29, 1.82) is 0 Å². The summed E-state index contributed by atoms with van der Waals surface area (Å²) in [7, 11) is 3.41. The Bertz CT molecular complexity index is 1940. The first-order chi connectivity index (χ1) is 23.9. The number of carbonyl (C=O) groups excluding carboxylic acids is 1. The fraction of sp³-hybridized carbons (Fsp3) is 0.146. The van der Waals surface area contributed by atoms with Crippen molar-refractivity contribution < 1.29 is 24.2 Å². The number of rotatable bonds is 10. The van der Waals surface area contributed by atoms with Crippen LogP contribution in [0.2, 0.25) is 0 Å². The number of hydrogen-bond donors (Lipinski definition) is 1. The topological polar surface area (TPSA) is 91.7 Å². The van der Waals surface area contributed by atoms with E-state index in [1.54, 1.807) is 31.4 Å². The standard InChI is InChI=1S/C41H37N3O5/c1-43-39(42-38(45)34-16-10-5-11-17-34)44(40(46)47)37(26-30-18-22-35(48-2)23-19-30)41(43,27-31-12-6-3-7-13-31)28-32-20-24-36(25-21-32)49-29-33-14-8-4-9-15-33/h3-26H,27-29H2,1-2H3,(H,46,47)/b37-26-,42-39?. The van der Waals surface area contributed by atoms with E-state index in [1.807, 2.05) is 133 Å². The molecule has 0 aromatic heterocycles. The Hall–Kier alpha value is -6.15. The third kappa shape index (κ3) is 7.39. The van der Waals surface area contributed by atoms with Gasteiger partial charge in [-0.25, -0.2) is 9.69 Å². The van der Waals surface area contributed by atoms with E-state index in [4.69, 9.17) is 9.47 Å². The van der Waals surface area contributed by atoms with E-state index in [1.165, 1.54) is 0 Å². The first-order valence-electron chi connectivity index (χ1n) is 16.0. The molecule has 1 unspecified atom stereocenters. The smallest absolute Gasteiger partial charge is 0.418 e. The Kier molecular flexibility index (Phi) is 9.85. The van der Waals surface area contributed by atoms with E-state index in [2.05, 4.69) is 4.99 Å². The second-order valence-electron chi connectivity index (χ2n) is 11.9. The lowest BCUT2D eigenvalue weighted by atomic mass is 9.80. The highest BCUT2D eigenvalue weighted by molar-refractivity contribution is 6.08. The largest absolute Gasteiger partial charge is 0.497 e. The Morgan fingerprint density at radius 3 is 1.82 bits per heavy atom. The van der Waals surface area contributed by atoms with Gasteiger partial charge in [0.25, 0.3) is 5.91 Å². The van der Waals surface area contributed by atoms with Crippen molar-refractivity contribution in [2.75, 3.05) is 14.2 Å². The maximum atomic E-state index is 13.5. The van der Waals surface area contributed by atoms with Gasteiger partial charge in [-0.3, -0.25) is 4.79 Å². The van der Waals surface area contributed by atoms with E-state index in [0.717, 1.165) is 32.9 Å². The average Bonchev–Trinajstić information content (AvgIpc) is 3.35. The molecular weight excluding hydrogens is 614 g/mol. The zero-order valence-corrected chi connectivity index (χ0v) is 27.4. The highest BCUT2D eigenvalue weighted by Gasteiger charge is 2.53. The monoisotopic (exact) mass is 651 g/mol. The number of amides is 2. The molecule has 2 amide bonds. The van der Waals surface area contributed by atoms with Gasteiger partial charge in [0.15, 0.2) is 0 Å². The van der Waals surface area contributed by atoms with E-state index in [9.17, 15) is 14.7 Å². The Balaban J connectivity index is 1.47. The predicted octanol–water partition coefficient (Wildman–Crippen LogP) is 7.96. The summed E-state index contributed by atoms with van der Waals surface area (Å²) >= 11 is 0. The van der Waals surface area contributed by atoms with Crippen LogP contribution >= 0.6 is 0 Å².